The van der Waals surface area contributed by atoms with Gasteiger partial charge in [0.1, 0.15) is 14.2 Å². The van der Waals surface area contributed by atoms with Crippen LogP contribution in [0.1, 0.15) is 44.9 Å². The van der Waals surface area contributed by atoms with Crippen LogP contribution in [0.15, 0.2) is 12.7 Å². The molecule has 22 heavy (non-hydrogen) atoms. The van der Waals surface area contributed by atoms with Crippen molar-refractivity contribution >= 4 is 8.07 Å². The molecule has 0 aromatic heterocycles. The van der Waals surface area contributed by atoms with E-state index >= 15 is 0 Å². The molecule has 2 rings (SSSR count). The van der Waals surface area contributed by atoms with Crippen molar-refractivity contribution in [3.8, 4) is 11.5 Å². The number of hydrogen-bond donors (Lipinski definition) is 0. The highest BCUT2D eigenvalue weighted by atomic mass is 28.3. The molecule has 1 saturated carbocycles. The van der Waals surface area contributed by atoms with Gasteiger partial charge in [-0.2, -0.15) is 0 Å². The molecule has 0 aromatic carbocycles. The lowest BCUT2D eigenvalue weighted by atomic mass is 9.84. The molecule has 0 spiro atoms. The highest BCUT2D eigenvalue weighted by Gasteiger charge is 2.36. The largest absolute Gasteiger partial charge is 0.371 e. The fourth-order valence-corrected chi connectivity index (χ4v) is 4.04. The summed E-state index contributed by atoms with van der Waals surface area (Å²) in [4.78, 5) is 0. The highest BCUT2D eigenvalue weighted by Crippen LogP contribution is 2.35. The maximum atomic E-state index is 6.38. The van der Waals surface area contributed by atoms with E-state index in [1.54, 1.807) is 6.08 Å². The number of ether oxygens (including phenoxy) is 2. The molecule has 0 unspecified atom stereocenters. The lowest BCUT2D eigenvalue weighted by molar-refractivity contribution is -0.0577. The Morgan fingerprint density at radius 2 is 1.91 bits per heavy atom. The van der Waals surface area contributed by atoms with Crippen LogP contribution in [-0.2, 0) is 9.47 Å². The summed E-state index contributed by atoms with van der Waals surface area (Å²) < 4.78 is 12.3. The molecule has 0 amide bonds. The van der Waals surface area contributed by atoms with E-state index in [-0.39, 0.29) is 12.2 Å². The maximum absolute atomic E-state index is 6.38. The van der Waals surface area contributed by atoms with Gasteiger partial charge in [-0.3, -0.25) is 0 Å². The predicted octanol–water partition coefficient (Wildman–Crippen LogP) is 4.57. The first-order valence-corrected chi connectivity index (χ1v) is 12.4. The Bertz CT molecular complexity index is 409. The molecular formula is C19H32O2Si. The van der Waals surface area contributed by atoms with E-state index < -0.39 is 8.07 Å². The summed E-state index contributed by atoms with van der Waals surface area (Å²) >= 11 is 0. The maximum Gasteiger partial charge on any atom is 0.144 e. The van der Waals surface area contributed by atoms with Crippen molar-refractivity contribution in [2.75, 3.05) is 6.61 Å². The van der Waals surface area contributed by atoms with E-state index in [9.17, 15) is 0 Å². The summed E-state index contributed by atoms with van der Waals surface area (Å²) in [7, 11) is -1.38. The van der Waals surface area contributed by atoms with Crippen LogP contribution in [-0.4, -0.2) is 33.0 Å². The highest BCUT2D eigenvalue weighted by molar-refractivity contribution is 6.83. The molecule has 2 nitrogen and oxygen atoms in total. The minimum Gasteiger partial charge on any atom is -0.371 e. The van der Waals surface area contributed by atoms with Crippen LogP contribution in [0.2, 0.25) is 19.6 Å². The molecule has 0 bridgehead atoms. The van der Waals surface area contributed by atoms with Crippen LogP contribution in [0, 0.1) is 17.4 Å². The first-order chi connectivity index (χ1) is 10.5. The van der Waals surface area contributed by atoms with E-state index in [0.717, 1.165) is 12.3 Å². The molecule has 3 heteroatoms. The third-order valence-electron chi connectivity index (χ3n) is 4.58. The standard InChI is InChI=1S/C19H32O2Si/c1-5-14-20-18(13-15-22(2,3)4)19-12-11-17(21-19)16-9-7-6-8-10-16/h5,16-19H,1,6-12,14H2,2-4H3/t17-,18+,19-/m1/s1. The summed E-state index contributed by atoms with van der Waals surface area (Å²) in [5, 5.41) is 0. The van der Waals surface area contributed by atoms with Gasteiger partial charge in [-0.15, -0.1) is 12.1 Å². The third-order valence-corrected chi connectivity index (χ3v) is 5.48. The summed E-state index contributed by atoms with van der Waals surface area (Å²) in [6.45, 7) is 11.1. The van der Waals surface area contributed by atoms with Gasteiger partial charge >= 0.3 is 0 Å². The quantitative estimate of drug-likeness (QED) is 0.420. The van der Waals surface area contributed by atoms with Crippen LogP contribution < -0.4 is 0 Å². The molecule has 1 aliphatic carbocycles. The second-order valence-electron chi connectivity index (χ2n) is 7.75. The Kier molecular flexibility index (Phi) is 6.74. The van der Waals surface area contributed by atoms with Crippen molar-refractivity contribution in [2.45, 2.75) is 82.9 Å². The van der Waals surface area contributed by atoms with Crippen LogP contribution in [0.4, 0.5) is 0 Å². The molecule has 2 fully saturated rings. The van der Waals surface area contributed by atoms with E-state index in [0.29, 0.717) is 12.7 Å². The summed E-state index contributed by atoms with van der Waals surface area (Å²) in [5.74, 6) is 4.14. The summed E-state index contributed by atoms with van der Waals surface area (Å²) in [5.41, 5.74) is 3.45. The van der Waals surface area contributed by atoms with Gasteiger partial charge in [-0.05, 0) is 31.6 Å². The Morgan fingerprint density at radius 3 is 2.55 bits per heavy atom. The predicted molar refractivity (Wildman–Crippen MR) is 95.5 cm³/mol. The zero-order chi connectivity index (χ0) is 16.0. The normalized spacial score (nSPS) is 28.0. The van der Waals surface area contributed by atoms with Crippen molar-refractivity contribution in [1.82, 2.24) is 0 Å². The molecule has 1 saturated heterocycles. The van der Waals surface area contributed by atoms with Crippen LogP contribution in [0.25, 0.3) is 0 Å². The Labute approximate surface area is 137 Å². The van der Waals surface area contributed by atoms with Crippen molar-refractivity contribution in [2.24, 2.45) is 5.92 Å². The average Bonchev–Trinajstić information content (AvgIpc) is 2.97. The molecule has 0 radical (unpaired) electrons. The SMILES string of the molecule is C=CCO[C@@H](C#C[Si](C)(C)C)[C@H]1CC[C@H](C2CCCCC2)O1. The summed E-state index contributed by atoms with van der Waals surface area (Å²) in [6, 6.07) is 0. The van der Waals surface area contributed by atoms with Gasteiger partial charge in [0.2, 0.25) is 0 Å². The van der Waals surface area contributed by atoms with Gasteiger partial charge < -0.3 is 9.47 Å². The van der Waals surface area contributed by atoms with Crippen molar-refractivity contribution in [1.29, 1.82) is 0 Å². The number of hydrogen-bond acceptors (Lipinski definition) is 2. The van der Waals surface area contributed by atoms with Crippen molar-refractivity contribution in [3.05, 3.63) is 12.7 Å². The Morgan fingerprint density at radius 1 is 1.18 bits per heavy atom. The lowest BCUT2D eigenvalue weighted by Gasteiger charge is -2.28. The smallest absolute Gasteiger partial charge is 0.144 e. The molecule has 1 heterocycles. The minimum atomic E-state index is -1.38. The lowest BCUT2D eigenvalue weighted by Crippen LogP contribution is -2.31. The summed E-state index contributed by atoms with van der Waals surface area (Å²) in [6.07, 6.45) is 11.4. The average molecular weight is 321 g/mol. The van der Waals surface area contributed by atoms with E-state index in [2.05, 4.69) is 37.7 Å². The number of rotatable bonds is 5. The van der Waals surface area contributed by atoms with Gasteiger partial charge in [0.15, 0.2) is 0 Å². The monoisotopic (exact) mass is 320 g/mol. The zero-order valence-electron chi connectivity index (χ0n) is 14.6. The van der Waals surface area contributed by atoms with Gasteiger partial charge in [-0.1, -0.05) is 50.9 Å². The Balaban J connectivity index is 1.95. The minimum absolute atomic E-state index is 0.0849. The fourth-order valence-electron chi connectivity index (χ4n) is 3.47. The molecule has 1 aliphatic heterocycles. The van der Waals surface area contributed by atoms with E-state index in [1.165, 1.54) is 38.5 Å². The third kappa shape index (κ3) is 5.57. The zero-order valence-corrected chi connectivity index (χ0v) is 15.6. The molecule has 3 atom stereocenters. The van der Waals surface area contributed by atoms with Gasteiger partial charge in [0.05, 0.1) is 18.8 Å². The van der Waals surface area contributed by atoms with Crippen LogP contribution >= 0.6 is 0 Å². The molecule has 0 N–H and O–H groups in total. The topological polar surface area (TPSA) is 18.5 Å². The van der Waals surface area contributed by atoms with Crippen LogP contribution in [0.3, 0.4) is 0 Å². The van der Waals surface area contributed by atoms with Gasteiger partial charge in [-0.25, -0.2) is 0 Å². The van der Waals surface area contributed by atoms with E-state index in [4.69, 9.17) is 9.47 Å². The second kappa shape index (κ2) is 8.33. The molecular weight excluding hydrogens is 288 g/mol. The van der Waals surface area contributed by atoms with Gasteiger partial charge in [0.25, 0.3) is 0 Å². The molecule has 0 aromatic rings. The second-order valence-corrected chi connectivity index (χ2v) is 12.5. The fraction of sp³-hybridized carbons (Fsp3) is 0.789. The van der Waals surface area contributed by atoms with E-state index in [1.807, 2.05) is 0 Å². The molecule has 124 valence electrons. The van der Waals surface area contributed by atoms with Crippen LogP contribution in [0.5, 0.6) is 0 Å². The Hall–Kier alpha value is -0.563. The first-order valence-electron chi connectivity index (χ1n) is 8.90. The first kappa shape index (κ1) is 17.8. The molecule has 2 aliphatic rings. The van der Waals surface area contributed by atoms with Crippen molar-refractivity contribution < 1.29 is 9.47 Å². The van der Waals surface area contributed by atoms with Crippen molar-refractivity contribution in [3.63, 3.8) is 0 Å². The van der Waals surface area contributed by atoms with Gasteiger partial charge in [0, 0.05) is 0 Å².